The van der Waals surface area contributed by atoms with Gasteiger partial charge in [0.1, 0.15) is 5.71 Å². The van der Waals surface area contributed by atoms with Crippen molar-refractivity contribution in [1.29, 1.82) is 0 Å². The van der Waals surface area contributed by atoms with E-state index in [0.29, 0.717) is 28.8 Å². The highest BCUT2D eigenvalue weighted by atomic mass is 19.4. The number of carbonyl (C=O) groups excluding carboxylic acids is 1. The van der Waals surface area contributed by atoms with Gasteiger partial charge in [-0.3, -0.25) is 4.79 Å². The third-order valence-electron chi connectivity index (χ3n) is 4.96. The maximum atomic E-state index is 12.9. The van der Waals surface area contributed by atoms with Gasteiger partial charge >= 0.3 is 12.4 Å². The molecule has 0 radical (unpaired) electrons. The Bertz CT molecular complexity index is 1160. The Hall–Kier alpha value is -4.08. The second-order valence-electron chi connectivity index (χ2n) is 7.34. The minimum atomic E-state index is -4.55. The highest BCUT2D eigenvalue weighted by Gasteiger charge is 2.31. The van der Waals surface area contributed by atoms with Gasteiger partial charge in [0.15, 0.2) is 0 Å². The minimum absolute atomic E-state index is 0.250. The quantitative estimate of drug-likeness (QED) is 0.165. The van der Waals surface area contributed by atoms with Crippen LogP contribution in [-0.2, 0) is 17.1 Å². The van der Waals surface area contributed by atoms with Gasteiger partial charge in [0.25, 0.3) is 0 Å². The molecule has 1 amide bonds. The van der Waals surface area contributed by atoms with Gasteiger partial charge in [0.2, 0.25) is 5.91 Å². The van der Waals surface area contributed by atoms with E-state index in [0.717, 1.165) is 30.3 Å². The molecule has 35 heavy (non-hydrogen) atoms. The number of carbonyl (C=O) groups is 1. The fraction of sp³-hybridized carbons (Fsp3) is 0.120. The molecule has 1 aliphatic rings. The van der Waals surface area contributed by atoms with Crippen molar-refractivity contribution in [3.63, 3.8) is 0 Å². The van der Waals surface area contributed by atoms with Crippen molar-refractivity contribution in [2.24, 2.45) is 5.16 Å². The molecule has 0 atom stereocenters. The van der Waals surface area contributed by atoms with Crippen molar-refractivity contribution in [3.05, 3.63) is 113 Å². The van der Waals surface area contributed by atoms with Crippen molar-refractivity contribution < 1.29 is 36.3 Å². The zero-order valence-electron chi connectivity index (χ0n) is 17.9. The van der Waals surface area contributed by atoms with Crippen LogP contribution in [0.4, 0.5) is 26.3 Å². The van der Waals surface area contributed by atoms with Crippen molar-refractivity contribution in [2.45, 2.75) is 18.8 Å². The molecule has 0 saturated heterocycles. The molecular weight excluding hydrogens is 474 g/mol. The lowest BCUT2D eigenvalue weighted by Crippen LogP contribution is -2.26. The fourth-order valence-corrected chi connectivity index (χ4v) is 3.20. The molecule has 2 N–H and O–H groups in total. The van der Waals surface area contributed by atoms with Crippen LogP contribution in [0.2, 0.25) is 0 Å². The van der Waals surface area contributed by atoms with Gasteiger partial charge in [-0.25, -0.2) is 0 Å². The van der Waals surface area contributed by atoms with Crippen LogP contribution in [-0.4, -0.2) is 16.8 Å². The largest absolute Gasteiger partial charge is 0.416 e. The van der Waals surface area contributed by atoms with Crippen LogP contribution in [0.15, 0.2) is 95.8 Å². The molecule has 0 aromatic heterocycles. The lowest BCUT2D eigenvalue weighted by Gasteiger charge is -2.12. The van der Waals surface area contributed by atoms with Crippen molar-refractivity contribution in [1.82, 2.24) is 5.32 Å². The maximum Gasteiger partial charge on any atom is 0.416 e. The van der Waals surface area contributed by atoms with Crippen LogP contribution >= 0.6 is 0 Å². The topological polar surface area (TPSA) is 61.7 Å². The lowest BCUT2D eigenvalue weighted by atomic mass is 9.95. The lowest BCUT2D eigenvalue weighted by molar-refractivity contribution is -0.138. The average molecular weight is 492 g/mol. The number of halogens is 6. The summed E-state index contributed by atoms with van der Waals surface area (Å²) < 4.78 is 77.6. The second kappa shape index (κ2) is 10.5. The van der Waals surface area contributed by atoms with E-state index in [2.05, 4.69) is 10.5 Å². The van der Waals surface area contributed by atoms with Gasteiger partial charge in [0, 0.05) is 12.5 Å². The molecule has 0 spiro atoms. The molecule has 0 fully saturated rings. The summed E-state index contributed by atoms with van der Waals surface area (Å²) in [6.45, 7) is 0. The van der Waals surface area contributed by atoms with Crippen molar-refractivity contribution in [3.8, 4) is 0 Å². The first-order chi connectivity index (χ1) is 16.5. The third-order valence-corrected chi connectivity index (χ3v) is 4.96. The first-order valence-electron chi connectivity index (χ1n) is 10.1. The van der Waals surface area contributed by atoms with Crippen LogP contribution < -0.4 is 5.32 Å². The van der Waals surface area contributed by atoms with Crippen molar-refractivity contribution in [2.75, 3.05) is 0 Å². The van der Waals surface area contributed by atoms with E-state index >= 15 is 0 Å². The summed E-state index contributed by atoms with van der Waals surface area (Å²) in [6, 6.07) is 8.25. The van der Waals surface area contributed by atoms with Crippen molar-refractivity contribution >= 4 is 17.2 Å². The zero-order chi connectivity index (χ0) is 25.6. The van der Waals surface area contributed by atoms with Crippen LogP contribution in [0.25, 0.3) is 5.57 Å². The molecular formula is C25H18F6N2O2. The summed E-state index contributed by atoms with van der Waals surface area (Å²) in [5.74, 6) is -0.580. The van der Waals surface area contributed by atoms with E-state index in [-0.39, 0.29) is 5.71 Å². The number of rotatable bonds is 5. The second-order valence-corrected chi connectivity index (χ2v) is 7.34. The van der Waals surface area contributed by atoms with Crippen LogP contribution in [0.3, 0.4) is 0 Å². The summed E-state index contributed by atoms with van der Waals surface area (Å²) in [5.41, 5.74) is -0.304. The number of hydrogen-bond acceptors (Lipinski definition) is 3. The summed E-state index contributed by atoms with van der Waals surface area (Å²) in [6.07, 6.45) is 0.000332. The average Bonchev–Trinajstić information content (AvgIpc) is 2.81. The Morgan fingerprint density at radius 3 is 1.86 bits per heavy atom. The number of oxime groups is 1. The van der Waals surface area contributed by atoms with E-state index in [1.54, 1.807) is 12.2 Å². The Morgan fingerprint density at radius 2 is 1.40 bits per heavy atom. The van der Waals surface area contributed by atoms with Gasteiger partial charge in [-0.1, -0.05) is 53.7 Å². The van der Waals surface area contributed by atoms with Crippen LogP contribution in [0.1, 0.15) is 28.7 Å². The highest BCUT2D eigenvalue weighted by Crippen LogP contribution is 2.33. The third kappa shape index (κ3) is 6.72. The molecule has 1 aliphatic carbocycles. The Kier molecular flexibility index (Phi) is 7.63. The molecule has 0 saturated carbocycles. The number of amides is 1. The predicted octanol–water partition coefficient (Wildman–Crippen LogP) is 6.50. The first-order valence-corrected chi connectivity index (χ1v) is 10.1. The maximum absolute atomic E-state index is 12.9. The van der Waals surface area contributed by atoms with Crippen LogP contribution in [0, 0.1) is 0 Å². The number of nitrogens with one attached hydrogen (secondary N) is 1. The summed E-state index contributed by atoms with van der Waals surface area (Å²) in [7, 11) is 0. The zero-order valence-corrected chi connectivity index (χ0v) is 17.9. The fourth-order valence-electron chi connectivity index (χ4n) is 3.20. The predicted molar refractivity (Wildman–Crippen MR) is 118 cm³/mol. The van der Waals surface area contributed by atoms with E-state index in [9.17, 15) is 31.1 Å². The number of hydrogen-bond donors (Lipinski definition) is 2. The van der Waals surface area contributed by atoms with E-state index in [1.165, 1.54) is 42.5 Å². The van der Waals surface area contributed by atoms with Gasteiger partial charge in [-0.15, -0.1) is 0 Å². The Labute approximate surface area is 196 Å². The smallest absolute Gasteiger partial charge is 0.411 e. The molecule has 0 bridgehead atoms. The first kappa shape index (κ1) is 25.5. The Balaban J connectivity index is 1.91. The molecule has 2 aromatic carbocycles. The minimum Gasteiger partial charge on any atom is -0.411 e. The van der Waals surface area contributed by atoms with E-state index in [1.807, 2.05) is 0 Å². The number of alkyl halides is 6. The van der Waals surface area contributed by atoms with Crippen LogP contribution in [0.5, 0.6) is 0 Å². The summed E-state index contributed by atoms with van der Waals surface area (Å²) >= 11 is 0. The molecule has 10 heteroatoms. The van der Waals surface area contributed by atoms with Gasteiger partial charge in [0.05, 0.1) is 16.8 Å². The standard InChI is InChI=1S/C25H18F6N2O2/c26-24(27,28)18-12-8-16(9-13-18)20(17-10-14-19(15-11-17)25(29,30)31)4-3-7-23(34)32-21-5-1-2-6-22(21)33-35/h1-5,7-15,35H,6H2,(H,32,34)/b7-3+,33-22?. The van der Waals surface area contributed by atoms with Gasteiger partial charge in [-0.05, 0) is 47.0 Å². The molecule has 2 aromatic rings. The van der Waals surface area contributed by atoms with Gasteiger partial charge < -0.3 is 10.5 Å². The molecule has 4 nitrogen and oxygen atoms in total. The normalized spacial score (nSPS) is 15.3. The Morgan fingerprint density at radius 1 is 0.886 bits per heavy atom. The van der Waals surface area contributed by atoms with Gasteiger partial charge in [-0.2, -0.15) is 26.3 Å². The number of benzene rings is 2. The van der Waals surface area contributed by atoms with E-state index in [4.69, 9.17) is 5.21 Å². The molecule has 182 valence electrons. The summed E-state index contributed by atoms with van der Waals surface area (Å²) in [5, 5.41) is 14.6. The molecule has 3 rings (SSSR count). The number of nitrogens with zero attached hydrogens (tertiary/aromatic N) is 1. The number of allylic oxidation sites excluding steroid dienone is 6. The SMILES string of the molecule is O=C(/C=C/C=C(c1ccc(C(F)(F)F)cc1)c1ccc(C(F)(F)F)cc1)NC1=CC=CCC1=NO. The summed E-state index contributed by atoms with van der Waals surface area (Å²) in [4.78, 5) is 12.3. The molecule has 0 heterocycles. The molecule has 0 unspecified atom stereocenters. The monoisotopic (exact) mass is 492 g/mol. The van der Waals surface area contributed by atoms with E-state index < -0.39 is 29.4 Å². The highest BCUT2D eigenvalue weighted by molar-refractivity contribution is 6.05. The molecule has 0 aliphatic heterocycles.